The maximum absolute atomic E-state index is 11.7. The molecule has 0 fully saturated rings. The Morgan fingerprint density at radius 2 is 1.96 bits per heavy atom. The van der Waals surface area contributed by atoms with Crippen LogP contribution in [0, 0.1) is 0 Å². The molecule has 0 aliphatic carbocycles. The van der Waals surface area contributed by atoms with Gasteiger partial charge in [0.25, 0.3) is 0 Å². The number of nitrogens with zero attached hydrogens (tertiary/aromatic N) is 1. The normalized spacial score (nSPS) is 12.1. The number of aliphatic carboxylic acids is 1. The van der Waals surface area contributed by atoms with Crippen LogP contribution in [0.2, 0.25) is 0 Å². The summed E-state index contributed by atoms with van der Waals surface area (Å²) in [6.07, 6.45) is 9.65. The van der Waals surface area contributed by atoms with E-state index in [9.17, 15) is 9.59 Å². The van der Waals surface area contributed by atoms with Crippen molar-refractivity contribution >= 4 is 23.6 Å². The first-order valence-corrected chi connectivity index (χ1v) is 9.30. The van der Waals surface area contributed by atoms with Crippen molar-refractivity contribution in [3.05, 3.63) is 37.6 Å². The molecule has 1 amide bonds. The Kier molecular flexibility index (Phi) is 13.8. The van der Waals surface area contributed by atoms with E-state index in [2.05, 4.69) is 28.7 Å². The smallest absolute Gasteiger partial charge is 0.326 e. The van der Waals surface area contributed by atoms with Gasteiger partial charge in [-0.1, -0.05) is 12.2 Å². The van der Waals surface area contributed by atoms with Crippen LogP contribution in [-0.2, 0) is 9.59 Å². The first kappa shape index (κ1) is 22.3. The molecule has 0 unspecified atom stereocenters. The Bertz CT molecular complexity index is 417. The molecular weight excluding hydrogens is 326 g/mol. The number of amides is 1. The topological polar surface area (TPSA) is 81.7 Å². The fourth-order valence-corrected chi connectivity index (χ4v) is 2.42. The molecule has 0 aliphatic heterocycles. The summed E-state index contributed by atoms with van der Waals surface area (Å²) in [7, 11) is 0. The van der Waals surface area contributed by atoms with E-state index in [1.165, 1.54) is 12.3 Å². The molecule has 0 saturated carbocycles. The van der Waals surface area contributed by atoms with Crippen LogP contribution in [0.1, 0.15) is 12.8 Å². The summed E-state index contributed by atoms with van der Waals surface area (Å²) in [5, 5.41) is 14.6. The molecule has 0 radical (unpaired) electrons. The fourth-order valence-electron chi connectivity index (χ4n) is 1.95. The van der Waals surface area contributed by atoms with Crippen LogP contribution < -0.4 is 10.6 Å². The van der Waals surface area contributed by atoms with E-state index < -0.39 is 12.0 Å². The van der Waals surface area contributed by atoms with Gasteiger partial charge in [-0.15, -0.1) is 13.2 Å². The molecule has 0 aromatic rings. The van der Waals surface area contributed by atoms with Crippen LogP contribution in [0.15, 0.2) is 37.6 Å². The van der Waals surface area contributed by atoms with Gasteiger partial charge in [-0.25, -0.2) is 4.79 Å². The minimum absolute atomic E-state index is 0.240. The van der Waals surface area contributed by atoms with E-state index in [-0.39, 0.29) is 5.91 Å². The SMILES string of the molecule is C=CCN(CC=C)CCCNC(=O)C=CN[C@@H](CCSC)C(=O)O. The average Bonchev–Trinajstić information content (AvgIpc) is 2.54. The van der Waals surface area contributed by atoms with E-state index in [1.807, 2.05) is 18.4 Å². The highest BCUT2D eigenvalue weighted by molar-refractivity contribution is 7.98. The largest absolute Gasteiger partial charge is 0.480 e. The maximum Gasteiger partial charge on any atom is 0.326 e. The van der Waals surface area contributed by atoms with Crippen molar-refractivity contribution in [3.63, 3.8) is 0 Å². The van der Waals surface area contributed by atoms with Gasteiger partial charge in [0, 0.05) is 38.5 Å². The van der Waals surface area contributed by atoms with E-state index in [1.54, 1.807) is 11.8 Å². The van der Waals surface area contributed by atoms with Crippen molar-refractivity contribution < 1.29 is 14.7 Å². The summed E-state index contributed by atoms with van der Waals surface area (Å²) in [5.74, 6) is -0.412. The Hall–Kier alpha value is -1.73. The number of hydrogen-bond donors (Lipinski definition) is 3. The predicted octanol–water partition coefficient (Wildman–Crippen LogP) is 1.48. The lowest BCUT2D eigenvalue weighted by molar-refractivity contribution is -0.139. The zero-order valence-corrected chi connectivity index (χ0v) is 15.2. The van der Waals surface area contributed by atoms with E-state index >= 15 is 0 Å². The zero-order valence-electron chi connectivity index (χ0n) is 14.4. The Morgan fingerprint density at radius 3 is 2.50 bits per heavy atom. The van der Waals surface area contributed by atoms with Gasteiger partial charge in [0.15, 0.2) is 0 Å². The second kappa shape index (κ2) is 14.8. The Labute approximate surface area is 149 Å². The predicted molar refractivity (Wildman–Crippen MR) is 101 cm³/mol. The molecule has 1 atom stereocenters. The molecule has 0 aromatic heterocycles. The summed E-state index contributed by atoms with van der Waals surface area (Å²) < 4.78 is 0. The van der Waals surface area contributed by atoms with Gasteiger partial charge in [-0.05, 0) is 24.9 Å². The lowest BCUT2D eigenvalue weighted by Gasteiger charge is -2.18. The quantitative estimate of drug-likeness (QED) is 0.234. The minimum Gasteiger partial charge on any atom is -0.480 e. The number of carboxylic acids is 1. The third kappa shape index (κ3) is 11.8. The van der Waals surface area contributed by atoms with Crippen LogP contribution >= 0.6 is 11.8 Å². The first-order valence-electron chi connectivity index (χ1n) is 7.91. The summed E-state index contributed by atoms with van der Waals surface area (Å²) in [6, 6.07) is -0.673. The zero-order chi connectivity index (χ0) is 18.2. The Morgan fingerprint density at radius 1 is 1.29 bits per heavy atom. The molecule has 0 saturated heterocycles. The standard InChI is InChI=1S/C17H29N3O3S/c1-4-11-20(12-5-2)13-6-9-19-16(21)7-10-18-15(17(22)23)8-14-24-3/h4-5,7,10,15,18H,1-2,6,8-9,11-14H2,3H3,(H,19,21)(H,22,23)/t15-/m0/s1. The van der Waals surface area contributed by atoms with Crippen molar-refractivity contribution in [1.29, 1.82) is 0 Å². The second-order valence-corrected chi connectivity index (χ2v) is 6.14. The van der Waals surface area contributed by atoms with Gasteiger partial charge in [-0.3, -0.25) is 9.69 Å². The Balaban J connectivity index is 4.00. The number of carbonyl (C=O) groups excluding carboxylic acids is 1. The molecule has 3 N–H and O–H groups in total. The van der Waals surface area contributed by atoms with Crippen LogP contribution in [0.5, 0.6) is 0 Å². The number of hydrogen-bond acceptors (Lipinski definition) is 5. The lowest BCUT2D eigenvalue weighted by Crippen LogP contribution is -2.34. The molecule has 0 spiro atoms. The first-order chi connectivity index (χ1) is 11.5. The summed E-state index contributed by atoms with van der Waals surface area (Å²) in [5.41, 5.74) is 0. The molecule has 7 heteroatoms. The second-order valence-electron chi connectivity index (χ2n) is 5.15. The van der Waals surface area contributed by atoms with Gasteiger partial charge < -0.3 is 15.7 Å². The third-order valence-corrected chi connectivity index (χ3v) is 3.81. The van der Waals surface area contributed by atoms with Gasteiger partial charge in [0.1, 0.15) is 6.04 Å². The van der Waals surface area contributed by atoms with E-state index in [4.69, 9.17) is 5.11 Å². The number of carbonyl (C=O) groups is 2. The van der Waals surface area contributed by atoms with Crippen molar-refractivity contribution in [1.82, 2.24) is 15.5 Å². The average molecular weight is 356 g/mol. The monoisotopic (exact) mass is 355 g/mol. The molecule has 0 aliphatic rings. The van der Waals surface area contributed by atoms with Gasteiger partial charge >= 0.3 is 5.97 Å². The third-order valence-electron chi connectivity index (χ3n) is 3.17. The van der Waals surface area contributed by atoms with Gasteiger partial charge in [0.05, 0.1) is 0 Å². The van der Waals surface area contributed by atoms with Crippen LogP contribution in [0.3, 0.4) is 0 Å². The highest BCUT2D eigenvalue weighted by Gasteiger charge is 2.14. The molecular formula is C17H29N3O3S. The van der Waals surface area contributed by atoms with Crippen molar-refractivity contribution in [2.24, 2.45) is 0 Å². The fraction of sp³-hybridized carbons (Fsp3) is 0.529. The molecule has 0 heterocycles. The van der Waals surface area contributed by atoms with Crippen LogP contribution in [0.25, 0.3) is 0 Å². The van der Waals surface area contributed by atoms with E-state index in [0.717, 1.165) is 31.8 Å². The molecule has 0 aromatic carbocycles. The molecule has 136 valence electrons. The van der Waals surface area contributed by atoms with Crippen molar-refractivity contribution in [2.75, 3.05) is 38.2 Å². The number of thioether (sulfide) groups is 1. The summed E-state index contributed by atoms with van der Waals surface area (Å²) >= 11 is 1.59. The molecule has 0 bridgehead atoms. The van der Waals surface area contributed by atoms with Gasteiger partial charge in [0.2, 0.25) is 5.91 Å². The summed E-state index contributed by atoms with van der Waals surface area (Å²) in [4.78, 5) is 24.9. The maximum atomic E-state index is 11.7. The molecule has 24 heavy (non-hydrogen) atoms. The number of nitrogens with one attached hydrogen (secondary N) is 2. The van der Waals surface area contributed by atoms with Crippen molar-refractivity contribution in [3.8, 4) is 0 Å². The van der Waals surface area contributed by atoms with Gasteiger partial charge in [-0.2, -0.15) is 11.8 Å². The van der Waals surface area contributed by atoms with Crippen molar-refractivity contribution in [2.45, 2.75) is 18.9 Å². The minimum atomic E-state index is -0.918. The molecule has 0 rings (SSSR count). The van der Waals surface area contributed by atoms with Crippen LogP contribution in [0.4, 0.5) is 0 Å². The highest BCUT2D eigenvalue weighted by Crippen LogP contribution is 2.00. The highest BCUT2D eigenvalue weighted by atomic mass is 32.2. The number of carboxylic acid groups (broad SMARTS) is 1. The number of rotatable bonds is 15. The van der Waals surface area contributed by atoms with E-state index in [0.29, 0.717) is 13.0 Å². The molecule has 6 nitrogen and oxygen atoms in total. The van der Waals surface area contributed by atoms with Crippen LogP contribution in [-0.4, -0.2) is 66.1 Å². The lowest BCUT2D eigenvalue weighted by atomic mass is 10.2. The summed E-state index contributed by atoms with van der Waals surface area (Å²) in [6.45, 7) is 10.4.